The van der Waals surface area contributed by atoms with Crippen LogP contribution in [0.1, 0.15) is 5.89 Å². The van der Waals surface area contributed by atoms with Crippen LogP contribution in [0.25, 0.3) is 11.3 Å². The Hall–Kier alpha value is -3.26. The van der Waals surface area contributed by atoms with Gasteiger partial charge in [0.2, 0.25) is 5.89 Å². The minimum atomic E-state index is -0.342. The summed E-state index contributed by atoms with van der Waals surface area (Å²) in [5.74, 6) is 0.909. The van der Waals surface area contributed by atoms with E-state index in [1.165, 1.54) is 18.2 Å². The number of nitrogens with zero attached hydrogens (tertiary/aromatic N) is 4. The molecule has 0 bridgehead atoms. The van der Waals surface area contributed by atoms with Crippen LogP contribution in [-0.2, 0) is 6.54 Å². The van der Waals surface area contributed by atoms with Crippen molar-refractivity contribution in [2.75, 3.05) is 31.1 Å². The molecular weight excluding hydrogens is 363 g/mol. The van der Waals surface area contributed by atoms with E-state index in [-0.39, 0.29) is 16.4 Å². The minimum Gasteiger partial charge on any atom is -0.439 e. The molecule has 0 saturated carbocycles. The van der Waals surface area contributed by atoms with Crippen molar-refractivity contribution in [3.63, 3.8) is 0 Å². The van der Waals surface area contributed by atoms with Crippen molar-refractivity contribution in [2.45, 2.75) is 6.54 Å². The lowest BCUT2D eigenvalue weighted by Gasteiger charge is -2.35. The molecule has 4 rings (SSSR count). The van der Waals surface area contributed by atoms with Crippen molar-refractivity contribution >= 4 is 11.4 Å². The third-order valence-corrected chi connectivity index (χ3v) is 4.83. The Morgan fingerprint density at radius 2 is 1.79 bits per heavy atom. The van der Waals surface area contributed by atoms with Gasteiger partial charge in [-0.25, -0.2) is 9.37 Å². The summed E-state index contributed by atoms with van der Waals surface area (Å²) in [6.45, 7) is 3.44. The van der Waals surface area contributed by atoms with Gasteiger partial charge in [0.05, 0.1) is 17.7 Å². The van der Waals surface area contributed by atoms with E-state index in [0.717, 1.165) is 18.7 Å². The molecule has 0 radical (unpaired) electrons. The molecule has 0 atom stereocenters. The van der Waals surface area contributed by atoms with Gasteiger partial charge in [0, 0.05) is 37.8 Å². The number of piperazine rings is 1. The van der Waals surface area contributed by atoms with Crippen molar-refractivity contribution in [3.05, 3.63) is 76.6 Å². The van der Waals surface area contributed by atoms with Crippen LogP contribution in [0.5, 0.6) is 0 Å². The van der Waals surface area contributed by atoms with E-state index in [2.05, 4.69) is 9.88 Å². The Morgan fingerprint density at radius 1 is 1.07 bits per heavy atom. The molecule has 0 aliphatic carbocycles. The molecule has 1 aliphatic heterocycles. The Balaban J connectivity index is 1.38. The van der Waals surface area contributed by atoms with Gasteiger partial charge in [0.25, 0.3) is 5.69 Å². The van der Waals surface area contributed by atoms with Gasteiger partial charge >= 0.3 is 0 Å². The smallest absolute Gasteiger partial charge is 0.292 e. The van der Waals surface area contributed by atoms with Crippen molar-refractivity contribution in [1.29, 1.82) is 0 Å². The lowest BCUT2D eigenvalue weighted by Crippen LogP contribution is -2.46. The molecule has 1 saturated heterocycles. The van der Waals surface area contributed by atoms with Crippen LogP contribution >= 0.6 is 0 Å². The summed E-state index contributed by atoms with van der Waals surface area (Å²) in [5, 5.41) is 11.2. The summed E-state index contributed by atoms with van der Waals surface area (Å²) in [6, 6.07) is 12.9. The number of halogens is 1. The van der Waals surface area contributed by atoms with E-state index in [0.29, 0.717) is 37.0 Å². The summed E-state index contributed by atoms with van der Waals surface area (Å²) in [5.41, 5.74) is 1.57. The van der Waals surface area contributed by atoms with Gasteiger partial charge < -0.3 is 9.32 Å². The lowest BCUT2D eigenvalue weighted by atomic mass is 10.2. The van der Waals surface area contributed by atoms with E-state index in [4.69, 9.17) is 4.42 Å². The molecule has 0 amide bonds. The number of aromatic nitrogens is 1. The fourth-order valence-electron chi connectivity index (χ4n) is 3.36. The predicted octanol–water partition coefficient (Wildman–Crippen LogP) is 3.71. The number of rotatable bonds is 5. The van der Waals surface area contributed by atoms with Crippen LogP contribution in [0.3, 0.4) is 0 Å². The normalized spacial score (nSPS) is 15.0. The Labute approximate surface area is 161 Å². The van der Waals surface area contributed by atoms with Gasteiger partial charge in [-0.05, 0) is 30.3 Å². The highest BCUT2D eigenvalue weighted by Gasteiger charge is 2.24. The van der Waals surface area contributed by atoms with Crippen molar-refractivity contribution in [2.24, 2.45) is 0 Å². The first-order chi connectivity index (χ1) is 13.6. The molecule has 8 heteroatoms. The SMILES string of the molecule is O=[N+]([O-])c1ccccc1N1CCN(Cc2ncc(-c3ccc(F)cc3)o2)CC1. The number of anilines is 1. The maximum Gasteiger partial charge on any atom is 0.292 e. The van der Waals surface area contributed by atoms with Crippen LogP contribution in [0.4, 0.5) is 15.8 Å². The number of oxazole rings is 1. The molecule has 0 N–H and O–H groups in total. The molecule has 1 aromatic heterocycles. The van der Waals surface area contributed by atoms with E-state index < -0.39 is 0 Å². The molecular formula is C20H19FN4O3. The van der Waals surface area contributed by atoms with Crippen LogP contribution in [0.15, 0.2) is 59.1 Å². The average Bonchev–Trinajstić information content (AvgIpc) is 3.17. The van der Waals surface area contributed by atoms with E-state index in [1.54, 1.807) is 30.5 Å². The number of hydrogen-bond acceptors (Lipinski definition) is 6. The number of para-hydroxylation sites is 2. The highest BCUT2D eigenvalue weighted by molar-refractivity contribution is 5.63. The molecule has 28 heavy (non-hydrogen) atoms. The molecule has 1 fully saturated rings. The van der Waals surface area contributed by atoms with Gasteiger partial charge in [0.15, 0.2) is 5.76 Å². The zero-order chi connectivity index (χ0) is 19.5. The summed E-state index contributed by atoms with van der Waals surface area (Å²) in [7, 11) is 0. The van der Waals surface area contributed by atoms with Gasteiger partial charge in [-0.3, -0.25) is 15.0 Å². The van der Waals surface area contributed by atoms with Gasteiger partial charge in [-0.1, -0.05) is 12.1 Å². The Bertz CT molecular complexity index is 966. The third kappa shape index (κ3) is 3.86. The summed E-state index contributed by atoms with van der Waals surface area (Å²) in [4.78, 5) is 19.4. The Kier molecular flexibility index (Phi) is 5.03. The summed E-state index contributed by atoms with van der Waals surface area (Å²) < 4.78 is 18.8. The molecule has 0 spiro atoms. The molecule has 1 aliphatic rings. The van der Waals surface area contributed by atoms with Crippen molar-refractivity contribution in [1.82, 2.24) is 9.88 Å². The van der Waals surface area contributed by atoms with E-state index in [1.807, 2.05) is 11.0 Å². The highest BCUT2D eigenvalue weighted by Crippen LogP contribution is 2.28. The largest absolute Gasteiger partial charge is 0.439 e. The van der Waals surface area contributed by atoms with Crippen LogP contribution in [-0.4, -0.2) is 41.0 Å². The van der Waals surface area contributed by atoms with Gasteiger partial charge in [0.1, 0.15) is 11.5 Å². The zero-order valence-electron chi connectivity index (χ0n) is 15.1. The fraction of sp³-hybridized carbons (Fsp3) is 0.250. The zero-order valence-corrected chi connectivity index (χ0v) is 15.1. The summed E-state index contributed by atoms with van der Waals surface area (Å²) >= 11 is 0. The van der Waals surface area contributed by atoms with Crippen molar-refractivity contribution < 1.29 is 13.7 Å². The molecule has 7 nitrogen and oxygen atoms in total. The second-order valence-corrected chi connectivity index (χ2v) is 6.63. The first kappa shape index (κ1) is 18.1. The number of benzene rings is 2. The minimum absolute atomic E-state index is 0.132. The average molecular weight is 382 g/mol. The Morgan fingerprint density at radius 3 is 2.50 bits per heavy atom. The maximum atomic E-state index is 13.0. The monoisotopic (exact) mass is 382 g/mol. The van der Waals surface area contributed by atoms with Crippen LogP contribution in [0, 0.1) is 15.9 Å². The fourth-order valence-corrected chi connectivity index (χ4v) is 3.36. The summed E-state index contributed by atoms with van der Waals surface area (Å²) in [6.07, 6.45) is 1.64. The van der Waals surface area contributed by atoms with Crippen LogP contribution < -0.4 is 4.90 Å². The maximum absolute atomic E-state index is 13.0. The number of hydrogen-bond donors (Lipinski definition) is 0. The van der Waals surface area contributed by atoms with Gasteiger partial charge in [-0.15, -0.1) is 0 Å². The standard InChI is InChI=1S/C20H19FN4O3/c21-16-7-5-15(6-8-16)19-13-22-20(28-19)14-23-9-11-24(12-10-23)17-3-1-2-4-18(17)25(26)27/h1-8,13H,9-12,14H2. The van der Waals surface area contributed by atoms with E-state index in [9.17, 15) is 14.5 Å². The topological polar surface area (TPSA) is 75.7 Å². The number of nitro groups is 1. The molecule has 0 unspecified atom stereocenters. The molecule has 144 valence electrons. The molecule has 2 heterocycles. The van der Waals surface area contributed by atoms with Crippen molar-refractivity contribution in [3.8, 4) is 11.3 Å². The van der Waals surface area contributed by atoms with Crippen LogP contribution in [0.2, 0.25) is 0 Å². The van der Waals surface area contributed by atoms with E-state index >= 15 is 0 Å². The molecule has 2 aromatic carbocycles. The number of nitro benzene ring substituents is 1. The third-order valence-electron chi connectivity index (χ3n) is 4.83. The second kappa shape index (κ2) is 7.77. The predicted molar refractivity (Wildman–Crippen MR) is 102 cm³/mol. The highest BCUT2D eigenvalue weighted by atomic mass is 19.1. The second-order valence-electron chi connectivity index (χ2n) is 6.63. The quantitative estimate of drug-likeness (QED) is 0.495. The first-order valence-electron chi connectivity index (χ1n) is 9.01. The molecule has 3 aromatic rings. The van der Waals surface area contributed by atoms with Gasteiger partial charge in [-0.2, -0.15) is 0 Å². The lowest BCUT2D eigenvalue weighted by molar-refractivity contribution is -0.384. The first-order valence-corrected chi connectivity index (χ1v) is 9.01.